The molecule has 0 spiro atoms. The lowest BCUT2D eigenvalue weighted by Crippen LogP contribution is -2.11. The fraction of sp³-hybridized carbons (Fsp3) is 0.500. The molecule has 0 saturated carbocycles. The zero-order valence-electron chi connectivity index (χ0n) is 7.61. The first-order chi connectivity index (χ1) is 6.13. The molecule has 1 heterocycles. The Morgan fingerprint density at radius 1 is 1.69 bits per heavy atom. The van der Waals surface area contributed by atoms with Gasteiger partial charge in [-0.3, -0.25) is 10.1 Å². The summed E-state index contributed by atoms with van der Waals surface area (Å²) in [5.74, 6) is 0. The summed E-state index contributed by atoms with van der Waals surface area (Å²) < 4.78 is 0. The summed E-state index contributed by atoms with van der Waals surface area (Å²) in [7, 11) is 0. The van der Waals surface area contributed by atoms with Crippen LogP contribution in [0.15, 0.2) is 12.1 Å². The molecule has 0 radical (unpaired) electrons. The Morgan fingerprint density at radius 3 is 2.85 bits per heavy atom. The van der Waals surface area contributed by atoms with Crippen molar-refractivity contribution in [1.29, 1.82) is 0 Å². The maximum Gasteiger partial charge on any atom is 0.326 e. The van der Waals surface area contributed by atoms with E-state index in [1.165, 1.54) is 17.4 Å². The fourth-order valence-electron chi connectivity index (χ4n) is 0.848. The van der Waals surface area contributed by atoms with Crippen LogP contribution in [0.3, 0.4) is 0 Å². The van der Waals surface area contributed by atoms with E-state index in [-0.39, 0.29) is 9.92 Å². The van der Waals surface area contributed by atoms with Crippen molar-refractivity contribution in [2.24, 2.45) is 0 Å². The van der Waals surface area contributed by atoms with Crippen LogP contribution in [-0.2, 0) is 0 Å². The monoisotopic (exact) mass is 200 g/mol. The second kappa shape index (κ2) is 4.23. The van der Waals surface area contributed by atoms with E-state index in [1.54, 1.807) is 6.07 Å². The normalized spacial score (nSPS) is 12.5. The smallest absolute Gasteiger partial charge is 0.326 e. The van der Waals surface area contributed by atoms with Gasteiger partial charge in [-0.05, 0) is 30.7 Å². The number of hydrogen-bond donors (Lipinski definition) is 1. The van der Waals surface area contributed by atoms with Crippen LogP contribution in [0.2, 0.25) is 0 Å². The SMILES string of the molecule is CCC(C)Nc1ccc([N+](=O)[O-])s1. The number of nitrogens with one attached hydrogen (secondary N) is 1. The van der Waals surface area contributed by atoms with Gasteiger partial charge in [-0.2, -0.15) is 0 Å². The van der Waals surface area contributed by atoms with Crippen molar-refractivity contribution in [3.8, 4) is 0 Å². The Hall–Kier alpha value is -1.10. The van der Waals surface area contributed by atoms with E-state index in [0.29, 0.717) is 6.04 Å². The van der Waals surface area contributed by atoms with Crippen molar-refractivity contribution in [2.75, 3.05) is 5.32 Å². The van der Waals surface area contributed by atoms with E-state index in [1.807, 2.05) is 6.92 Å². The highest BCUT2D eigenvalue weighted by molar-refractivity contribution is 7.19. The van der Waals surface area contributed by atoms with Crippen LogP contribution in [0.5, 0.6) is 0 Å². The van der Waals surface area contributed by atoms with Crippen LogP contribution in [0.1, 0.15) is 20.3 Å². The van der Waals surface area contributed by atoms with Crippen LogP contribution in [0, 0.1) is 10.1 Å². The second-order valence-corrected chi connectivity index (χ2v) is 3.91. The molecule has 1 rings (SSSR count). The van der Waals surface area contributed by atoms with E-state index < -0.39 is 0 Å². The first-order valence-corrected chi connectivity index (χ1v) is 4.96. The predicted molar refractivity (Wildman–Crippen MR) is 54.3 cm³/mol. The largest absolute Gasteiger partial charge is 0.374 e. The molecule has 1 aromatic heterocycles. The Kier molecular flexibility index (Phi) is 3.25. The first-order valence-electron chi connectivity index (χ1n) is 4.14. The number of anilines is 1. The van der Waals surface area contributed by atoms with Crippen LogP contribution >= 0.6 is 11.3 Å². The predicted octanol–water partition coefficient (Wildman–Crippen LogP) is 2.87. The van der Waals surface area contributed by atoms with Gasteiger partial charge in [-0.1, -0.05) is 6.92 Å². The topological polar surface area (TPSA) is 55.2 Å². The van der Waals surface area contributed by atoms with Gasteiger partial charge >= 0.3 is 5.00 Å². The molecule has 0 aliphatic rings. The summed E-state index contributed by atoms with van der Waals surface area (Å²) in [6, 6.07) is 3.63. The van der Waals surface area contributed by atoms with Crippen molar-refractivity contribution >= 4 is 21.3 Å². The Labute approximate surface area is 80.7 Å². The van der Waals surface area contributed by atoms with Gasteiger partial charge in [0.15, 0.2) is 0 Å². The summed E-state index contributed by atoms with van der Waals surface area (Å²) in [5, 5.41) is 14.6. The molecule has 5 heteroatoms. The van der Waals surface area contributed by atoms with E-state index in [9.17, 15) is 10.1 Å². The van der Waals surface area contributed by atoms with Crippen LogP contribution in [-0.4, -0.2) is 11.0 Å². The zero-order chi connectivity index (χ0) is 9.84. The molecule has 1 atom stereocenters. The van der Waals surface area contributed by atoms with Crippen molar-refractivity contribution in [2.45, 2.75) is 26.3 Å². The second-order valence-electron chi connectivity index (χ2n) is 2.85. The third-order valence-corrected chi connectivity index (χ3v) is 2.74. The Morgan fingerprint density at radius 2 is 2.38 bits per heavy atom. The van der Waals surface area contributed by atoms with Crippen molar-refractivity contribution < 1.29 is 4.92 Å². The Balaban J connectivity index is 2.64. The van der Waals surface area contributed by atoms with Gasteiger partial charge in [-0.25, -0.2) is 0 Å². The average Bonchev–Trinajstić information content (AvgIpc) is 2.52. The summed E-state index contributed by atoms with van der Waals surface area (Å²) in [4.78, 5) is 9.99. The number of hydrogen-bond acceptors (Lipinski definition) is 4. The van der Waals surface area contributed by atoms with E-state index >= 15 is 0 Å². The van der Waals surface area contributed by atoms with Crippen LogP contribution in [0.4, 0.5) is 10.0 Å². The zero-order valence-corrected chi connectivity index (χ0v) is 8.43. The molecule has 1 aromatic rings. The minimum absolute atomic E-state index is 0.186. The molecular weight excluding hydrogens is 188 g/mol. The third kappa shape index (κ3) is 2.69. The third-order valence-electron chi connectivity index (χ3n) is 1.77. The van der Waals surface area contributed by atoms with Crippen molar-refractivity contribution in [3.63, 3.8) is 0 Å². The highest BCUT2D eigenvalue weighted by Gasteiger charge is 2.10. The number of thiophene rings is 1. The quantitative estimate of drug-likeness (QED) is 0.600. The first kappa shape index (κ1) is 9.98. The summed E-state index contributed by atoms with van der Waals surface area (Å²) >= 11 is 1.17. The molecule has 0 bridgehead atoms. The molecule has 0 amide bonds. The Bertz CT molecular complexity index is 298. The van der Waals surface area contributed by atoms with Gasteiger partial charge in [-0.15, -0.1) is 0 Å². The highest BCUT2D eigenvalue weighted by Crippen LogP contribution is 2.28. The highest BCUT2D eigenvalue weighted by atomic mass is 32.1. The van der Waals surface area contributed by atoms with Gasteiger partial charge in [0, 0.05) is 12.1 Å². The molecule has 0 fully saturated rings. The van der Waals surface area contributed by atoms with Gasteiger partial charge in [0.25, 0.3) is 0 Å². The molecule has 0 saturated heterocycles. The molecule has 1 N–H and O–H groups in total. The molecule has 4 nitrogen and oxygen atoms in total. The molecule has 72 valence electrons. The molecule has 0 aliphatic carbocycles. The fourth-order valence-corrected chi connectivity index (χ4v) is 1.68. The van der Waals surface area contributed by atoms with E-state index in [4.69, 9.17) is 0 Å². The number of nitro groups is 1. The number of rotatable bonds is 4. The lowest BCUT2D eigenvalue weighted by molar-refractivity contribution is -0.380. The van der Waals surface area contributed by atoms with Crippen LogP contribution in [0.25, 0.3) is 0 Å². The maximum absolute atomic E-state index is 10.4. The minimum Gasteiger partial charge on any atom is -0.374 e. The van der Waals surface area contributed by atoms with E-state index in [2.05, 4.69) is 12.2 Å². The van der Waals surface area contributed by atoms with Crippen LogP contribution < -0.4 is 5.32 Å². The molecule has 1 unspecified atom stereocenters. The van der Waals surface area contributed by atoms with Crippen molar-refractivity contribution in [1.82, 2.24) is 0 Å². The maximum atomic E-state index is 10.4. The lowest BCUT2D eigenvalue weighted by atomic mass is 10.3. The average molecular weight is 200 g/mol. The van der Waals surface area contributed by atoms with Gasteiger partial charge in [0.05, 0.1) is 9.92 Å². The minimum atomic E-state index is -0.369. The standard InChI is InChI=1S/C8H12N2O2S/c1-3-6(2)9-7-4-5-8(13-7)10(11)12/h4-6,9H,3H2,1-2H3. The lowest BCUT2D eigenvalue weighted by Gasteiger charge is -2.09. The molecule has 0 aliphatic heterocycles. The van der Waals surface area contributed by atoms with Gasteiger partial charge in [0.1, 0.15) is 0 Å². The molecule has 13 heavy (non-hydrogen) atoms. The van der Waals surface area contributed by atoms with Gasteiger partial charge in [0.2, 0.25) is 0 Å². The van der Waals surface area contributed by atoms with Gasteiger partial charge < -0.3 is 5.32 Å². The summed E-state index contributed by atoms with van der Waals surface area (Å²) in [5.41, 5.74) is 0. The van der Waals surface area contributed by atoms with Crippen molar-refractivity contribution in [3.05, 3.63) is 22.2 Å². The molecular formula is C8H12N2O2S. The molecule has 0 aromatic carbocycles. The summed E-state index contributed by atoms with van der Waals surface area (Å²) in [6.07, 6.45) is 1.01. The number of nitrogens with zero attached hydrogens (tertiary/aromatic N) is 1. The summed E-state index contributed by atoms with van der Waals surface area (Å²) in [6.45, 7) is 4.12. The van der Waals surface area contributed by atoms with E-state index in [0.717, 1.165) is 11.4 Å².